The van der Waals surface area contributed by atoms with Crippen LogP contribution in [-0.2, 0) is 9.47 Å². The summed E-state index contributed by atoms with van der Waals surface area (Å²) >= 11 is 3.45. The topological polar surface area (TPSA) is 18.5 Å². The van der Waals surface area contributed by atoms with E-state index in [1.165, 1.54) is 6.04 Å². The van der Waals surface area contributed by atoms with Gasteiger partial charge >= 0.3 is 0 Å². The highest BCUT2D eigenvalue weighted by Crippen LogP contribution is 2.21. The average molecular weight is 305 g/mol. The van der Waals surface area contributed by atoms with Gasteiger partial charge < -0.3 is 9.47 Å². The van der Waals surface area contributed by atoms with Crippen LogP contribution in [0.15, 0.2) is 22.4 Å². The van der Waals surface area contributed by atoms with Crippen LogP contribution in [-0.4, -0.2) is 21.5 Å². The number of allylic oxidation sites excluding steroid dienone is 4. The van der Waals surface area contributed by atoms with Gasteiger partial charge in [-0.2, -0.15) is 0 Å². The molecule has 0 aromatic heterocycles. The minimum Gasteiger partial charge on any atom is -0.472 e. The zero-order chi connectivity index (χ0) is 12.0. The number of rotatable bonds is 6. The van der Waals surface area contributed by atoms with Crippen molar-refractivity contribution in [1.29, 1.82) is 0 Å². The molecule has 0 saturated carbocycles. The van der Waals surface area contributed by atoms with Crippen LogP contribution >= 0.6 is 15.9 Å². The van der Waals surface area contributed by atoms with Crippen molar-refractivity contribution < 1.29 is 9.47 Å². The van der Waals surface area contributed by atoms with Crippen molar-refractivity contribution in [1.82, 2.24) is 0 Å². The molecule has 0 unspecified atom stereocenters. The number of hydrogen-bond donors (Lipinski definition) is 0. The van der Waals surface area contributed by atoms with Crippen LogP contribution in [0.1, 0.15) is 12.8 Å². The molecule has 92 valence electrons. The molecule has 4 heteroatoms. The summed E-state index contributed by atoms with van der Waals surface area (Å²) in [6, 6.07) is 1.19. The summed E-state index contributed by atoms with van der Waals surface area (Å²) < 4.78 is 12.1. The number of ether oxygens (including phenoxy) is 2. The highest BCUT2D eigenvalue weighted by Gasteiger charge is 2.12. The smallest absolute Gasteiger partial charge is 0.188 e. The van der Waals surface area contributed by atoms with Gasteiger partial charge in [0.05, 0.1) is 0 Å². The van der Waals surface area contributed by atoms with Crippen molar-refractivity contribution in [3.8, 4) is 0 Å². The van der Waals surface area contributed by atoms with E-state index in [0.717, 1.165) is 29.7 Å². The minimum atomic E-state index is -0.970. The predicted molar refractivity (Wildman–Crippen MR) is 74.4 cm³/mol. The fraction of sp³-hybridized carbons (Fsp3) is 0.667. The first kappa shape index (κ1) is 14.0. The van der Waals surface area contributed by atoms with E-state index in [1.807, 2.05) is 6.08 Å². The number of hydrogen-bond acceptors (Lipinski definition) is 2. The van der Waals surface area contributed by atoms with Gasteiger partial charge in [-0.1, -0.05) is 41.6 Å². The molecule has 0 spiro atoms. The molecule has 1 rings (SSSR count). The summed E-state index contributed by atoms with van der Waals surface area (Å²) in [6.07, 6.45) is 6.19. The molecule has 1 aliphatic carbocycles. The van der Waals surface area contributed by atoms with Gasteiger partial charge in [-0.3, -0.25) is 0 Å². The fourth-order valence-electron chi connectivity index (χ4n) is 1.31. The highest BCUT2D eigenvalue weighted by molar-refractivity contribution is 9.11. The molecule has 0 saturated heterocycles. The Labute approximate surface area is 108 Å². The van der Waals surface area contributed by atoms with Crippen LogP contribution in [0.2, 0.25) is 25.7 Å². The Morgan fingerprint density at radius 2 is 2.12 bits per heavy atom. The second kappa shape index (κ2) is 6.62. The first-order chi connectivity index (χ1) is 7.47. The lowest BCUT2D eigenvalue weighted by Crippen LogP contribution is -2.22. The van der Waals surface area contributed by atoms with E-state index >= 15 is 0 Å². The quantitative estimate of drug-likeness (QED) is 0.414. The summed E-state index contributed by atoms with van der Waals surface area (Å²) in [5.41, 5.74) is 0. The summed E-state index contributed by atoms with van der Waals surface area (Å²) in [4.78, 5) is 0. The van der Waals surface area contributed by atoms with Gasteiger partial charge in [0.15, 0.2) is 6.79 Å². The van der Waals surface area contributed by atoms with Gasteiger partial charge in [0.2, 0.25) is 0 Å². The first-order valence-electron chi connectivity index (χ1n) is 5.74. The largest absolute Gasteiger partial charge is 0.472 e. The van der Waals surface area contributed by atoms with Crippen molar-refractivity contribution in [2.75, 3.05) is 13.4 Å². The molecule has 0 amide bonds. The van der Waals surface area contributed by atoms with E-state index in [-0.39, 0.29) is 0 Å². The molecule has 0 aromatic rings. The Hall–Kier alpha value is -0.0631. The lowest BCUT2D eigenvalue weighted by atomic mass is 10.2. The van der Waals surface area contributed by atoms with Crippen molar-refractivity contribution in [2.24, 2.45) is 0 Å². The van der Waals surface area contributed by atoms with E-state index in [9.17, 15) is 0 Å². The maximum Gasteiger partial charge on any atom is 0.188 e. The van der Waals surface area contributed by atoms with Gasteiger partial charge in [-0.25, -0.2) is 0 Å². The third-order valence-corrected chi connectivity index (χ3v) is 4.61. The van der Waals surface area contributed by atoms with Crippen LogP contribution in [0.3, 0.4) is 0 Å². The molecule has 1 aliphatic rings. The molecule has 0 radical (unpaired) electrons. The minimum absolute atomic E-state index is 0.386. The van der Waals surface area contributed by atoms with Crippen molar-refractivity contribution in [3.05, 3.63) is 22.4 Å². The monoisotopic (exact) mass is 304 g/mol. The van der Waals surface area contributed by atoms with E-state index in [4.69, 9.17) is 9.47 Å². The summed E-state index contributed by atoms with van der Waals surface area (Å²) in [7, 11) is -0.970. The van der Waals surface area contributed by atoms with Crippen LogP contribution in [0.4, 0.5) is 0 Å². The van der Waals surface area contributed by atoms with Gasteiger partial charge in [0.1, 0.15) is 5.76 Å². The molecule has 0 bridgehead atoms. The fourth-order valence-corrected chi connectivity index (χ4v) is 2.55. The van der Waals surface area contributed by atoms with Gasteiger partial charge in [0.25, 0.3) is 0 Å². The maximum absolute atomic E-state index is 5.55. The standard InChI is InChI=1S/C12H21BrO2Si/c1-16(2,3)8-7-14-10-15-12-6-4-5-11(13)9-12/h5,9H,4,6-8,10H2,1-3H3. The van der Waals surface area contributed by atoms with Crippen LogP contribution < -0.4 is 0 Å². The second-order valence-corrected chi connectivity index (χ2v) is 11.8. The molecule has 0 aromatic carbocycles. The normalized spacial score (nSPS) is 16.8. The Morgan fingerprint density at radius 1 is 1.38 bits per heavy atom. The Morgan fingerprint density at radius 3 is 2.75 bits per heavy atom. The zero-order valence-electron chi connectivity index (χ0n) is 10.4. The van der Waals surface area contributed by atoms with Crippen LogP contribution in [0.25, 0.3) is 0 Å². The summed E-state index contributed by atoms with van der Waals surface area (Å²) in [5, 5.41) is 0. The van der Waals surface area contributed by atoms with Crippen LogP contribution in [0, 0.1) is 0 Å². The van der Waals surface area contributed by atoms with Crippen LogP contribution in [0.5, 0.6) is 0 Å². The van der Waals surface area contributed by atoms with Gasteiger partial charge in [0, 0.05) is 25.6 Å². The molecule has 0 fully saturated rings. The molecule has 0 heterocycles. The highest BCUT2D eigenvalue weighted by atomic mass is 79.9. The van der Waals surface area contributed by atoms with E-state index in [2.05, 4.69) is 41.6 Å². The SMILES string of the molecule is C[Si](C)(C)CCOCOC1=CC(Br)=CCC1. The second-order valence-electron chi connectivity index (χ2n) is 5.22. The maximum atomic E-state index is 5.55. The molecular formula is C12H21BrO2Si. The molecule has 0 aliphatic heterocycles. The molecular weight excluding hydrogens is 284 g/mol. The summed E-state index contributed by atoms with van der Waals surface area (Å²) in [5.74, 6) is 1.02. The lowest BCUT2D eigenvalue weighted by molar-refractivity contribution is -0.0204. The zero-order valence-corrected chi connectivity index (χ0v) is 13.0. The van der Waals surface area contributed by atoms with Gasteiger partial charge in [-0.05, 0) is 18.5 Å². The van der Waals surface area contributed by atoms with Crippen molar-refractivity contribution in [2.45, 2.75) is 38.5 Å². The lowest BCUT2D eigenvalue weighted by Gasteiger charge is -2.16. The molecule has 0 N–H and O–H groups in total. The third-order valence-electron chi connectivity index (χ3n) is 2.35. The third kappa shape index (κ3) is 6.50. The van der Waals surface area contributed by atoms with E-state index in [0.29, 0.717) is 6.79 Å². The van der Waals surface area contributed by atoms with E-state index in [1.54, 1.807) is 0 Å². The predicted octanol–water partition coefficient (Wildman–Crippen LogP) is 4.27. The Kier molecular flexibility index (Phi) is 5.79. The first-order valence-corrected chi connectivity index (χ1v) is 10.2. The Bertz CT molecular complexity index is 279. The average Bonchev–Trinajstić information content (AvgIpc) is 2.15. The van der Waals surface area contributed by atoms with Crippen molar-refractivity contribution >= 4 is 24.0 Å². The van der Waals surface area contributed by atoms with Crippen molar-refractivity contribution in [3.63, 3.8) is 0 Å². The number of halogens is 1. The molecule has 2 nitrogen and oxygen atoms in total. The molecule has 0 atom stereocenters. The Balaban J connectivity index is 2.10. The summed E-state index contributed by atoms with van der Waals surface area (Å²) in [6.45, 7) is 8.25. The molecule has 16 heavy (non-hydrogen) atoms. The van der Waals surface area contributed by atoms with E-state index < -0.39 is 8.07 Å². The van der Waals surface area contributed by atoms with Gasteiger partial charge in [-0.15, -0.1) is 0 Å².